The number of carbonyl (C=O) groups excluding carboxylic acids is 1. The van der Waals surface area contributed by atoms with E-state index in [1.165, 1.54) is 0 Å². The fourth-order valence-electron chi connectivity index (χ4n) is 2.61. The first-order chi connectivity index (χ1) is 9.92. The summed E-state index contributed by atoms with van der Waals surface area (Å²) < 4.78 is 6.80. The number of nitrogens with two attached hydrogens (primary N) is 2. The Labute approximate surface area is 122 Å². The van der Waals surface area contributed by atoms with Gasteiger partial charge in [-0.1, -0.05) is 13.0 Å². The molecule has 114 valence electrons. The molecule has 1 aromatic heterocycles. The monoisotopic (exact) mass is 291 g/mol. The molecule has 0 spiro atoms. The van der Waals surface area contributed by atoms with Crippen molar-refractivity contribution >= 4 is 17.0 Å². The van der Waals surface area contributed by atoms with Crippen molar-refractivity contribution in [2.24, 2.45) is 17.4 Å². The highest BCUT2D eigenvalue weighted by atomic mass is 16.4. The van der Waals surface area contributed by atoms with Crippen LogP contribution in [0.2, 0.25) is 0 Å². The van der Waals surface area contributed by atoms with Crippen molar-refractivity contribution in [3.8, 4) is 0 Å². The van der Waals surface area contributed by atoms with Gasteiger partial charge < -0.3 is 15.9 Å². The number of oxazole rings is 1. The van der Waals surface area contributed by atoms with Gasteiger partial charge in [0.2, 0.25) is 5.91 Å². The number of rotatable bonds is 6. The third-order valence-corrected chi connectivity index (χ3v) is 3.64. The number of benzene rings is 1. The van der Waals surface area contributed by atoms with Crippen LogP contribution >= 0.6 is 0 Å². The minimum absolute atomic E-state index is 0.112. The standard InChI is InChI=1S/C15H21N3O3/c1-3-18-12-5-4-10(8-13(12)21-15(18)20)11(16)6-9(2)7-14(17)19/h4-5,8-9,11H,3,6-7,16H2,1-2H3,(H2,17,19). The highest BCUT2D eigenvalue weighted by Gasteiger charge is 2.15. The van der Waals surface area contributed by atoms with Gasteiger partial charge in [0.05, 0.1) is 5.52 Å². The Morgan fingerprint density at radius 2 is 2.14 bits per heavy atom. The Morgan fingerprint density at radius 3 is 2.76 bits per heavy atom. The van der Waals surface area contributed by atoms with Crippen molar-refractivity contribution < 1.29 is 9.21 Å². The Kier molecular flexibility index (Phi) is 4.47. The molecule has 6 nitrogen and oxygen atoms in total. The van der Waals surface area contributed by atoms with E-state index in [9.17, 15) is 9.59 Å². The molecule has 1 heterocycles. The normalized spacial score (nSPS) is 14.2. The number of hydrogen-bond donors (Lipinski definition) is 2. The van der Waals surface area contributed by atoms with Crippen LogP contribution in [0, 0.1) is 5.92 Å². The maximum Gasteiger partial charge on any atom is 0.419 e. The topological polar surface area (TPSA) is 104 Å². The Bertz CT molecular complexity index is 702. The lowest BCUT2D eigenvalue weighted by atomic mass is 9.94. The van der Waals surface area contributed by atoms with Gasteiger partial charge in [0, 0.05) is 19.0 Å². The van der Waals surface area contributed by atoms with Gasteiger partial charge in [-0.2, -0.15) is 0 Å². The second-order valence-corrected chi connectivity index (χ2v) is 5.46. The first-order valence-electron chi connectivity index (χ1n) is 7.09. The van der Waals surface area contributed by atoms with E-state index in [1.54, 1.807) is 10.6 Å². The highest BCUT2D eigenvalue weighted by Crippen LogP contribution is 2.24. The van der Waals surface area contributed by atoms with Crippen LogP contribution in [0.1, 0.15) is 38.3 Å². The largest absolute Gasteiger partial charge is 0.419 e. The van der Waals surface area contributed by atoms with Crippen molar-refractivity contribution in [2.45, 2.75) is 39.3 Å². The fourth-order valence-corrected chi connectivity index (χ4v) is 2.61. The van der Waals surface area contributed by atoms with E-state index in [2.05, 4.69) is 0 Å². The number of hydrogen-bond acceptors (Lipinski definition) is 4. The van der Waals surface area contributed by atoms with Gasteiger partial charge in [-0.25, -0.2) is 4.79 Å². The summed E-state index contributed by atoms with van der Waals surface area (Å²) in [5, 5.41) is 0. The van der Waals surface area contributed by atoms with E-state index in [0.29, 0.717) is 25.0 Å². The summed E-state index contributed by atoms with van der Waals surface area (Å²) in [6.07, 6.45) is 0.963. The summed E-state index contributed by atoms with van der Waals surface area (Å²) in [6.45, 7) is 4.39. The number of aromatic nitrogens is 1. The smallest absolute Gasteiger partial charge is 0.408 e. The average Bonchev–Trinajstić information content (AvgIpc) is 2.71. The minimum atomic E-state index is -0.361. The molecule has 2 unspecified atom stereocenters. The molecule has 0 bridgehead atoms. The van der Waals surface area contributed by atoms with E-state index in [0.717, 1.165) is 11.1 Å². The SMILES string of the molecule is CCn1c(=O)oc2cc(C(N)CC(C)CC(N)=O)ccc21. The van der Waals surface area contributed by atoms with E-state index in [1.807, 2.05) is 26.0 Å². The first-order valence-corrected chi connectivity index (χ1v) is 7.09. The minimum Gasteiger partial charge on any atom is -0.408 e. The molecule has 0 saturated carbocycles. The lowest BCUT2D eigenvalue weighted by Crippen LogP contribution is -2.19. The molecular weight excluding hydrogens is 270 g/mol. The zero-order valence-corrected chi connectivity index (χ0v) is 12.3. The predicted molar refractivity (Wildman–Crippen MR) is 80.7 cm³/mol. The molecule has 2 atom stereocenters. The van der Waals surface area contributed by atoms with Gasteiger partial charge in [0.15, 0.2) is 5.58 Å². The van der Waals surface area contributed by atoms with Crippen molar-refractivity contribution in [1.29, 1.82) is 0 Å². The fraction of sp³-hybridized carbons (Fsp3) is 0.467. The van der Waals surface area contributed by atoms with E-state index < -0.39 is 0 Å². The molecule has 0 aliphatic heterocycles. The van der Waals surface area contributed by atoms with Crippen LogP contribution in [-0.4, -0.2) is 10.5 Å². The van der Waals surface area contributed by atoms with Crippen molar-refractivity contribution in [3.63, 3.8) is 0 Å². The number of aryl methyl sites for hydroxylation is 1. The Morgan fingerprint density at radius 1 is 1.43 bits per heavy atom. The van der Waals surface area contributed by atoms with Gasteiger partial charge in [-0.15, -0.1) is 0 Å². The third-order valence-electron chi connectivity index (χ3n) is 3.64. The molecule has 6 heteroatoms. The second-order valence-electron chi connectivity index (χ2n) is 5.46. The zero-order chi connectivity index (χ0) is 15.6. The number of primary amides is 1. The summed E-state index contributed by atoms with van der Waals surface area (Å²) in [7, 11) is 0. The van der Waals surface area contributed by atoms with Gasteiger partial charge in [0.25, 0.3) is 0 Å². The molecule has 0 aliphatic rings. The second kappa shape index (κ2) is 6.13. The van der Waals surface area contributed by atoms with Crippen LogP contribution in [0.5, 0.6) is 0 Å². The summed E-state index contributed by atoms with van der Waals surface area (Å²) in [5.41, 5.74) is 13.5. The van der Waals surface area contributed by atoms with Crippen LogP contribution < -0.4 is 17.2 Å². The molecule has 4 N–H and O–H groups in total. The van der Waals surface area contributed by atoms with Crippen molar-refractivity contribution in [2.75, 3.05) is 0 Å². The van der Waals surface area contributed by atoms with Crippen molar-refractivity contribution in [1.82, 2.24) is 4.57 Å². The van der Waals surface area contributed by atoms with Gasteiger partial charge in [-0.05, 0) is 37.0 Å². The average molecular weight is 291 g/mol. The maximum atomic E-state index is 11.7. The van der Waals surface area contributed by atoms with Gasteiger partial charge in [-0.3, -0.25) is 9.36 Å². The number of amides is 1. The van der Waals surface area contributed by atoms with E-state index in [-0.39, 0.29) is 23.6 Å². The van der Waals surface area contributed by atoms with Crippen LogP contribution in [-0.2, 0) is 11.3 Å². The predicted octanol–water partition coefficient (Wildman–Crippen LogP) is 1.52. The first kappa shape index (κ1) is 15.3. The third kappa shape index (κ3) is 3.33. The number of nitrogens with zero attached hydrogens (tertiary/aromatic N) is 1. The van der Waals surface area contributed by atoms with Crippen molar-refractivity contribution in [3.05, 3.63) is 34.3 Å². The molecule has 2 aromatic rings. The summed E-state index contributed by atoms with van der Waals surface area (Å²) >= 11 is 0. The Hall–Kier alpha value is -2.08. The number of fused-ring (bicyclic) bond motifs is 1. The molecular formula is C15H21N3O3. The zero-order valence-electron chi connectivity index (χ0n) is 12.3. The molecule has 1 aromatic carbocycles. The molecule has 0 saturated heterocycles. The number of carbonyl (C=O) groups is 1. The molecule has 21 heavy (non-hydrogen) atoms. The van der Waals surface area contributed by atoms with Crippen LogP contribution in [0.3, 0.4) is 0 Å². The van der Waals surface area contributed by atoms with E-state index >= 15 is 0 Å². The molecule has 2 rings (SSSR count). The molecule has 0 aliphatic carbocycles. The summed E-state index contributed by atoms with van der Waals surface area (Å²) in [6, 6.07) is 5.31. The molecule has 1 amide bonds. The lowest BCUT2D eigenvalue weighted by molar-refractivity contribution is -0.118. The summed E-state index contributed by atoms with van der Waals surface area (Å²) in [4.78, 5) is 22.6. The van der Waals surface area contributed by atoms with Crippen LogP contribution in [0.25, 0.3) is 11.1 Å². The lowest BCUT2D eigenvalue weighted by Gasteiger charge is -2.16. The quantitative estimate of drug-likeness (QED) is 0.841. The van der Waals surface area contributed by atoms with Gasteiger partial charge >= 0.3 is 5.76 Å². The van der Waals surface area contributed by atoms with Crippen LogP contribution in [0.15, 0.2) is 27.4 Å². The maximum absolute atomic E-state index is 11.7. The molecule has 0 fully saturated rings. The van der Waals surface area contributed by atoms with Crippen LogP contribution in [0.4, 0.5) is 0 Å². The van der Waals surface area contributed by atoms with E-state index in [4.69, 9.17) is 15.9 Å². The molecule has 0 radical (unpaired) electrons. The Balaban J connectivity index is 2.22. The van der Waals surface area contributed by atoms with Gasteiger partial charge in [0.1, 0.15) is 0 Å². The highest BCUT2D eigenvalue weighted by molar-refractivity contribution is 5.74. The summed E-state index contributed by atoms with van der Waals surface area (Å²) in [5.74, 6) is -0.572.